The summed E-state index contributed by atoms with van der Waals surface area (Å²) in [5, 5.41) is 8.32. The van der Waals surface area contributed by atoms with Gasteiger partial charge in [0.05, 0.1) is 6.20 Å². The van der Waals surface area contributed by atoms with Gasteiger partial charge in [-0.3, -0.25) is 0 Å². The summed E-state index contributed by atoms with van der Waals surface area (Å²) in [6.07, 6.45) is 1.67. The van der Waals surface area contributed by atoms with E-state index in [1.54, 1.807) is 6.20 Å². The fourth-order valence-corrected chi connectivity index (χ4v) is 1.36. The van der Waals surface area contributed by atoms with Crippen LogP contribution in [-0.4, -0.2) is 10.2 Å². The van der Waals surface area contributed by atoms with E-state index < -0.39 is 0 Å². The Morgan fingerprint density at radius 3 is 2.53 bits per heavy atom. The monoisotopic (exact) mass is 220 g/mol. The van der Waals surface area contributed by atoms with E-state index >= 15 is 0 Å². The quantitative estimate of drug-likeness (QED) is 0.601. The highest BCUT2D eigenvalue weighted by Crippen LogP contribution is 2.21. The Kier molecular flexibility index (Phi) is 2.80. The first-order chi connectivity index (χ1) is 7.29. The van der Waals surface area contributed by atoms with Gasteiger partial charge in [0, 0.05) is 10.6 Å². The summed E-state index contributed by atoms with van der Waals surface area (Å²) in [5.74, 6) is 5.78. The maximum atomic E-state index is 5.80. The number of anilines is 1. The van der Waals surface area contributed by atoms with E-state index in [1.807, 2.05) is 30.3 Å². The summed E-state index contributed by atoms with van der Waals surface area (Å²) < 4.78 is 0. The minimum Gasteiger partial charge on any atom is -0.307 e. The van der Waals surface area contributed by atoms with Gasteiger partial charge in [-0.2, -0.15) is 5.10 Å². The van der Waals surface area contributed by atoms with Crippen molar-refractivity contribution in [3.05, 3.63) is 41.6 Å². The van der Waals surface area contributed by atoms with Gasteiger partial charge < -0.3 is 5.43 Å². The van der Waals surface area contributed by atoms with Gasteiger partial charge >= 0.3 is 0 Å². The number of nitrogen functional groups attached to an aromatic ring is 1. The van der Waals surface area contributed by atoms with Crippen LogP contribution in [0.1, 0.15) is 0 Å². The third-order valence-electron chi connectivity index (χ3n) is 1.98. The maximum Gasteiger partial charge on any atom is 0.163 e. The molecular weight excluding hydrogens is 212 g/mol. The van der Waals surface area contributed by atoms with Crippen molar-refractivity contribution in [3.63, 3.8) is 0 Å². The third-order valence-corrected chi connectivity index (χ3v) is 2.23. The lowest BCUT2D eigenvalue weighted by Gasteiger charge is -2.02. The predicted molar refractivity (Wildman–Crippen MR) is 60.3 cm³/mol. The van der Waals surface area contributed by atoms with Crippen LogP contribution < -0.4 is 11.3 Å². The van der Waals surface area contributed by atoms with E-state index in [0.717, 1.165) is 11.1 Å². The van der Waals surface area contributed by atoms with E-state index in [1.165, 1.54) is 0 Å². The molecule has 15 heavy (non-hydrogen) atoms. The molecule has 0 spiro atoms. The standard InChI is InChI=1S/C10H9ClN4/c11-9-3-1-7(2-4-9)8-5-10(14-12)15-13-6-8/h1-6H,12H2,(H,14,15). The van der Waals surface area contributed by atoms with Crippen LogP contribution in [0.2, 0.25) is 5.02 Å². The van der Waals surface area contributed by atoms with Gasteiger partial charge in [0.1, 0.15) is 0 Å². The molecule has 0 atom stereocenters. The van der Waals surface area contributed by atoms with Crippen molar-refractivity contribution < 1.29 is 0 Å². The highest BCUT2D eigenvalue weighted by atomic mass is 35.5. The predicted octanol–water partition coefficient (Wildman–Crippen LogP) is 2.08. The summed E-state index contributed by atoms with van der Waals surface area (Å²) in [4.78, 5) is 0. The number of aromatic nitrogens is 2. The molecule has 1 heterocycles. The second kappa shape index (κ2) is 4.25. The highest BCUT2D eigenvalue weighted by molar-refractivity contribution is 6.30. The second-order valence-corrected chi connectivity index (χ2v) is 3.42. The minimum atomic E-state index is 0.530. The van der Waals surface area contributed by atoms with Crippen LogP contribution in [0.4, 0.5) is 5.82 Å². The van der Waals surface area contributed by atoms with Crippen molar-refractivity contribution in [2.75, 3.05) is 5.43 Å². The Balaban J connectivity index is 2.40. The number of nitrogens with two attached hydrogens (primary N) is 1. The second-order valence-electron chi connectivity index (χ2n) is 2.98. The Hall–Kier alpha value is -1.65. The van der Waals surface area contributed by atoms with Crippen molar-refractivity contribution in [1.82, 2.24) is 10.2 Å². The molecule has 0 unspecified atom stereocenters. The number of halogens is 1. The molecule has 0 amide bonds. The summed E-state index contributed by atoms with van der Waals surface area (Å²) >= 11 is 5.80. The van der Waals surface area contributed by atoms with Crippen molar-refractivity contribution in [2.24, 2.45) is 5.84 Å². The van der Waals surface area contributed by atoms with Crippen LogP contribution in [0, 0.1) is 0 Å². The maximum absolute atomic E-state index is 5.80. The van der Waals surface area contributed by atoms with Crippen LogP contribution in [0.3, 0.4) is 0 Å². The number of nitrogens with one attached hydrogen (secondary N) is 1. The number of hydrogen-bond donors (Lipinski definition) is 2. The molecule has 0 aliphatic carbocycles. The van der Waals surface area contributed by atoms with E-state index in [4.69, 9.17) is 17.4 Å². The lowest BCUT2D eigenvalue weighted by atomic mass is 10.1. The zero-order chi connectivity index (χ0) is 10.7. The molecule has 4 nitrogen and oxygen atoms in total. The average Bonchev–Trinajstić information content (AvgIpc) is 2.30. The van der Waals surface area contributed by atoms with Gasteiger partial charge in [-0.15, -0.1) is 5.10 Å². The van der Waals surface area contributed by atoms with Gasteiger partial charge in [-0.1, -0.05) is 23.7 Å². The van der Waals surface area contributed by atoms with Gasteiger partial charge in [0.2, 0.25) is 0 Å². The Morgan fingerprint density at radius 2 is 1.87 bits per heavy atom. The normalized spacial score (nSPS) is 10.0. The van der Waals surface area contributed by atoms with Gasteiger partial charge in [-0.25, -0.2) is 5.84 Å². The molecule has 0 radical (unpaired) electrons. The summed E-state index contributed by atoms with van der Waals surface area (Å²) in [6, 6.07) is 9.30. The first-order valence-electron chi connectivity index (χ1n) is 4.35. The van der Waals surface area contributed by atoms with Gasteiger partial charge in [-0.05, 0) is 23.8 Å². The highest BCUT2D eigenvalue weighted by Gasteiger charge is 2.00. The zero-order valence-corrected chi connectivity index (χ0v) is 8.57. The van der Waals surface area contributed by atoms with Crippen molar-refractivity contribution >= 4 is 17.4 Å². The first kappa shape index (κ1) is 9.89. The lowest BCUT2D eigenvalue weighted by Crippen LogP contribution is -2.08. The van der Waals surface area contributed by atoms with Crippen LogP contribution >= 0.6 is 11.6 Å². The molecule has 76 valence electrons. The molecular formula is C10H9ClN4. The number of benzene rings is 1. The number of hydrazine groups is 1. The Labute approximate surface area is 92.1 Å². The molecule has 0 bridgehead atoms. The fourth-order valence-electron chi connectivity index (χ4n) is 1.24. The molecule has 1 aromatic heterocycles. The van der Waals surface area contributed by atoms with Crippen LogP contribution in [0.15, 0.2) is 36.5 Å². The average molecular weight is 221 g/mol. The molecule has 0 saturated carbocycles. The van der Waals surface area contributed by atoms with E-state index in [0.29, 0.717) is 10.8 Å². The molecule has 3 N–H and O–H groups in total. The fraction of sp³-hybridized carbons (Fsp3) is 0. The number of hydrogen-bond acceptors (Lipinski definition) is 4. The Bertz CT molecular complexity index is 455. The molecule has 1 aromatic carbocycles. The zero-order valence-electron chi connectivity index (χ0n) is 7.81. The van der Waals surface area contributed by atoms with Crippen molar-refractivity contribution in [1.29, 1.82) is 0 Å². The van der Waals surface area contributed by atoms with Crippen LogP contribution in [-0.2, 0) is 0 Å². The molecule has 0 aliphatic rings. The Morgan fingerprint density at radius 1 is 1.13 bits per heavy atom. The van der Waals surface area contributed by atoms with Gasteiger partial charge in [0.25, 0.3) is 0 Å². The topological polar surface area (TPSA) is 63.8 Å². The molecule has 2 aromatic rings. The molecule has 5 heteroatoms. The number of rotatable bonds is 2. The van der Waals surface area contributed by atoms with E-state index in [-0.39, 0.29) is 0 Å². The lowest BCUT2D eigenvalue weighted by molar-refractivity contribution is 1.02. The van der Waals surface area contributed by atoms with Crippen molar-refractivity contribution in [3.8, 4) is 11.1 Å². The van der Waals surface area contributed by atoms with Gasteiger partial charge in [0.15, 0.2) is 5.82 Å². The molecule has 2 rings (SSSR count). The minimum absolute atomic E-state index is 0.530. The number of nitrogens with zero attached hydrogens (tertiary/aromatic N) is 2. The SMILES string of the molecule is NNc1cc(-c2ccc(Cl)cc2)cnn1. The van der Waals surface area contributed by atoms with Crippen LogP contribution in [0.25, 0.3) is 11.1 Å². The molecule has 0 aliphatic heterocycles. The van der Waals surface area contributed by atoms with Crippen molar-refractivity contribution in [2.45, 2.75) is 0 Å². The summed E-state index contributed by atoms with van der Waals surface area (Å²) in [6.45, 7) is 0. The van der Waals surface area contributed by atoms with Crippen LogP contribution in [0.5, 0.6) is 0 Å². The molecule has 0 fully saturated rings. The smallest absolute Gasteiger partial charge is 0.163 e. The first-order valence-corrected chi connectivity index (χ1v) is 4.72. The molecule has 0 saturated heterocycles. The van der Waals surface area contributed by atoms with E-state index in [9.17, 15) is 0 Å². The summed E-state index contributed by atoms with van der Waals surface area (Å²) in [7, 11) is 0. The largest absolute Gasteiger partial charge is 0.307 e. The summed E-state index contributed by atoms with van der Waals surface area (Å²) in [5.41, 5.74) is 4.41. The third kappa shape index (κ3) is 2.23. The van der Waals surface area contributed by atoms with E-state index in [2.05, 4.69) is 15.6 Å².